The van der Waals surface area contributed by atoms with Crippen LogP contribution in [0.1, 0.15) is 40.5 Å². The standard InChI is InChI=1S/C19H25NO10/c1-6-7-8-15(25)20-16-18(28-12(4)23)17(27-11(3)22)14(9-26-10(2)21)30-19(16)29-13(5)24/h1,14,16-19H,7-9H2,2-5H3,(H,20,25)/t14-,16+,17-,18-,19+/m1/s1. The number of carbonyl (C=O) groups excluding carboxylic acids is 5. The van der Waals surface area contributed by atoms with Crippen molar-refractivity contribution < 1.29 is 47.7 Å². The summed E-state index contributed by atoms with van der Waals surface area (Å²) in [5.74, 6) is -1.10. The van der Waals surface area contributed by atoms with Gasteiger partial charge in [-0.05, 0) is 0 Å². The van der Waals surface area contributed by atoms with Gasteiger partial charge in [0.2, 0.25) is 12.2 Å². The number of rotatable bonds is 8. The summed E-state index contributed by atoms with van der Waals surface area (Å²) in [7, 11) is 0. The molecule has 1 heterocycles. The van der Waals surface area contributed by atoms with Crippen LogP contribution in [0.25, 0.3) is 0 Å². The van der Waals surface area contributed by atoms with Crippen LogP contribution in [-0.4, -0.2) is 67.0 Å². The minimum absolute atomic E-state index is 0.0539. The highest BCUT2D eigenvalue weighted by Crippen LogP contribution is 2.28. The van der Waals surface area contributed by atoms with E-state index in [1.807, 2.05) is 0 Å². The van der Waals surface area contributed by atoms with Crippen molar-refractivity contribution in [1.29, 1.82) is 0 Å². The lowest BCUT2D eigenvalue weighted by Crippen LogP contribution is -2.67. The molecule has 1 amide bonds. The molecule has 1 N–H and O–H groups in total. The molecule has 0 bridgehead atoms. The van der Waals surface area contributed by atoms with Crippen LogP contribution in [-0.2, 0) is 47.7 Å². The van der Waals surface area contributed by atoms with E-state index in [-0.39, 0.29) is 19.4 Å². The Hall–Kier alpha value is -3.13. The lowest BCUT2D eigenvalue weighted by atomic mass is 9.96. The van der Waals surface area contributed by atoms with E-state index in [1.54, 1.807) is 0 Å². The molecule has 0 aliphatic carbocycles. The summed E-state index contributed by atoms with van der Waals surface area (Å²) >= 11 is 0. The summed E-state index contributed by atoms with van der Waals surface area (Å²) < 4.78 is 26.2. The fourth-order valence-corrected chi connectivity index (χ4v) is 2.76. The molecule has 0 aromatic rings. The number of hydrogen-bond acceptors (Lipinski definition) is 10. The fourth-order valence-electron chi connectivity index (χ4n) is 2.76. The monoisotopic (exact) mass is 427 g/mol. The Morgan fingerprint density at radius 3 is 1.97 bits per heavy atom. The summed E-state index contributed by atoms with van der Waals surface area (Å²) in [4.78, 5) is 58.4. The first kappa shape index (κ1) is 24.9. The summed E-state index contributed by atoms with van der Waals surface area (Å²) in [5, 5.41) is 2.54. The number of amides is 1. The van der Waals surface area contributed by atoms with E-state index in [1.165, 1.54) is 0 Å². The SMILES string of the molecule is C#CCCC(=O)N[C@@H]1[C@@H](OC(C)=O)O[C@H](COC(C)=O)[C@@H](OC(C)=O)[C@@H]1OC(C)=O. The normalized spacial score (nSPS) is 25.2. The zero-order chi connectivity index (χ0) is 22.8. The first-order valence-electron chi connectivity index (χ1n) is 9.08. The van der Waals surface area contributed by atoms with Crippen LogP contribution < -0.4 is 5.32 Å². The smallest absolute Gasteiger partial charge is 0.305 e. The van der Waals surface area contributed by atoms with Gasteiger partial charge in [0.05, 0.1) is 0 Å². The lowest BCUT2D eigenvalue weighted by molar-refractivity contribution is -0.271. The quantitative estimate of drug-likeness (QED) is 0.309. The molecule has 1 rings (SSSR count). The van der Waals surface area contributed by atoms with Gasteiger partial charge in [-0.3, -0.25) is 24.0 Å². The van der Waals surface area contributed by atoms with Crippen molar-refractivity contribution in [3.8, 4) is 12.3 Å². The average Bonchev–Trinajstić information content (AvgIpc) is 2.62. The molecule has 11 nitrogen and oxygen atoms in total. The number of carbonyl (C=O) groups is 5. The van der Waals surface area contributed by atoms with Gasteiger partial charge in [-0.25, -0.2) is 0 Å². The van der Waals surface area contributed by atoms with E-state index in [0.29, 0.717) is 0 Å². The molecular formula is C19H25NO10. The van der Waals surface area contributed by atoms with E-state index in [0.717, 1.165) is 27.7 Å². The lowest BCUT2D eigenvalue weighted by Gasteiger charge is -2.44. The zero-order valence-electron chi connectivity index (χ0n) is 17.2. The molecule has 1 aliphatic rings. The van der Waals surface area contributed by atoms with Crippen molar-refractivity contribution in [3.05, 3.63) is 0 Å². The molecule has 1 fully saturated rings. The Kier molecular flexibility index (Phi) is 9.77. The molecule has 1 saturated heterocycles. The average molecular weight is 427 g/mol. The maximum Gasteiger partial charge on any atom is 0.305 e. The van der Waals surface area contributed by atoms with E-state index < -0.39 is 60.4 Å². The molecule has 30 heavy (non-hydrogen) atoms. The second-order valence-electron chi connectivity index (χ2n) is 6.40. The number of nitrogens with one attached hydrogen (secondary N) is 1. The van der Waals surface area contributed by atoms with Gasteiger partial charge in [-0.1, -0.05) is 0 Å². The fraction of sp³-hybridized carbons (Fsp3) is 0.632. The summed E-state index contributed by atoms with van der Waals surface area (Å²) in [5.41, 5.74) is 0. The van der Waals surface area contributed by atoms with E-state index in [2.05, 4.69) is 11.2 Å². The van der Waals surface area contributed by atoms with E-state index >= 15 is 0 Å². The summed E-state index contributed by atoms with van der Waals surface area (Å²) in [6.07, 6.45) is 0.0964. The topological polar surface area (TPSA) is 144 Å². The zero-order valence-corrected chi connectivity index (χ0v) is 17.2. The van der Waals surface area contributed by atoms with Gasteiger partial charge in [0, 0.05) is 40.5 Å². The number of esters is 4. The maximum atomic E-state index is 12.2. The van der Waals surface area contributed by atoms with Crippen molar-refractivity contribution in [2.45, 2.75) is 71.2 Å². The van der Waals surface area contributed by atoms with Gasteiger partial charge in [-0.2, -0.15) is 0 Å². The van der Waals surface area contributed by atoms with Crippen molar-refractivity contribution in [2.24, 2.45) is 0 Å². The van der Waals surface area contributed by atoms with E-state index in [4.69, 9.17) is 30.1 Å². The van der Waals surface area contributed by atoms with Crippen molar-refractivity contribution in [3.63, 3.8) is 0 Å². The third-order valence-corrected chi connectivity index (χ3v) is 3.81. The van der Waals surface area contributed by atoms with Gasteiger partial charge in [0.25, 0.3) is 0 Å². The molecule has 5 atom stereocenters. The van der Waals surface area contributed by atoms with Crippen LogP contribution in [0.2, 0.25) is 0 Å². The molecule has 0 aromatic heterocycles. The second kappa shape index (κ2) is 11.8. The number of terminal acetylenes is 1. The van der Waals surface area contributed by atoms with Crippen molar-refractivity contribution in [1.82, 2.24) is 5.32 Å². The third kappa shape index (κ3) is 8.08. The highest BCUT2D eigenvalue weighted by atomic mass is 16.7. The molecule has 11 heteroatoms. The largest absolute Gasteiger partial charge is 0.463 e. The van der Waals surface area contributed by atoms with Gasteiger partial charge < -0.3 is 29.0 Å². The molecule has 0 aromatic carbocycles. The minimum atomic E-state index is -1.42. The third-order valence-electron chi connectivity index (χ3n) is 3.81. The van der Waals surface area contributed by atoms with Crippen LogP contribution in [0.4, 0.5) is 0 Å². The molecule has 0 saturated carbocycles. The van der Waals surface area contributed by atoms with Crippen LogP contribution in [0.5, 0.6) is 0 Å². The Morgan fingerprint density at radius 1 is 0.900 bits per heavy atom. The van der Waals surface area contributed by atoms with Crippen LogP contribution in [0, 0.1) is 12.3 Å². The predicted octanol–water partition coefficient (Wildman–Crippen LogP) is -0.401. The summed E-state index contributed by atoms with van der Waals surface area (Å²) in [6, 6.07) is -1.22. The highest BCUT2D eigenvalue weighted by molar-refractivity contribution is 5.77. The first-order valence-corrected chi connectivity index (χ1v) is 9.08. The Bertz CT molecular complexity index is 713. The van der Waals surface area contributed by atoms with Crippen LogP contribution in [0.15, 0.2) is 0 Å². The van der Waals surface area contributed by atoms with Gasteiger partial charge in [0.15, 0.2) is 12.2 Å². The van der Waals surface area contributed by atoms with Crippen molar-refractivity contribution >= 4 is 29.8 Å². The first-order chi connectivity index (χ1) is 14.0. The van der Waals surface area contributed by atoms with Gasteiger partial charge in [0.1, 0.15) is 18.8 Å². The van der Waals surface area contributed by atoms with Gasteiger partial charge >= 0.3 is 23.9 Å². The second-order valence-corrected chi connectivity index (χ2v) is 6.40. The summed E-state index contributed by atoms with van der Waals surface area (Å²) in [6.45, 7) is 4.11. The van der Waals surface area contributed by atoms with Crippen LogP contribution >= 0.6 is 0 Å². The molecule has 166 valence electrons. The van der Waals surface area contributed by atoms with Gasteiger partial charge in [-0.15, -0.1) is 12.3 Å². The van der Waals surface area contributed by atoms with Crippen LogP contribution in [0.3, 0.4) is 0 Å². The molecule has 0 unspecified atom stereocenters. The Balaban J connectivity index is 3.30. The molecule has 0 radical (unpaired) electrons. The minimum Gasteiger partial charge on any atom is -0.463 e. The highest BCUT2D eigenvalue weighted by Gasteiger charge is 2.52. The Labute approximate surface area is 173 Å². The Morgan fingerprint density at radius 2 is 1.47 bits per heavy atom. The maximum absolute atomic E-state index is 12.2. The number of hydrogen-bond donors (Lipinski definition) is 1. The predicted molar refractivity (Wildman–Crippen MR) is 98.2 cm³/mol. The molecule has 0 spiro atoms. The molecular weight excluding hydrogens is 402 g/mol. The number of ether oxygens (including phenoxy) is 5. The molecule has 1 aliphatic heterocycles. The van der Waals surface area contributed by atoms with E-state index in [9.17, 15) is 24.0 Å². The van der Waals surface area contributed by atoms with Crippen molar-refractivity contribution in [2.75, 3.05) is 6.61 Å².